The summed E-state index contributed by atoms with van der Waals surface area (Å²) in [4.78, 5) is 51.1. The highest BCUT2D eigenvalue weighted by Crippen LogP contribution is 2.65. The number of aliphatic hydroxyl groups excluding tert-OH is 1. The number of hydrogen-bond donors (Lipinski definition) is 1. The van der Waals surface area contributed by atoms with Gasteiger partial charge in [-0.3, -0.25) is 29.0 Å². The fraction of sp³-hybridized carbons (Fsp3) is 0.500. The molecule has 1 aromatic carbocycles. The van der Waals surface area contributed by atoms with Crippen molar-refractivity contribution in [2.45, 2.75) is 28.5 Å². The summed E-state index contributed by atoms with van der Waals surface area (Å²) in [7, 11) is 2.81. The Hall–Kier alpha value is -2.42. The minimum Gasteiger partial charge on any atom is -0.491 e. The summed E-state index contributed by atoms with van der Waals surface area (Å²) in [5, 5.41) is 9.29. The molecule has 0 radical (unpaired) electrons. The van der Waals surface area contributed by atoms with Crippen LogP contribution in [-0.4, -0.2) is 75.6 Å². The van der Waals surface area contributed by atoms with E-state index in [4.69, 9.17) is 27.9 Å². The van der Waals surface area contributed by atoms with Gasteiger partial charge in [-0.25, -0.2) is 0 Å². The van der Waals surface area contributed by atoms with Gasteiger partial charge in [0.1, 0.15) is 12.4 Å². The number of amides is 4. The Balaban J connectivity index is 1.74. The van der Waals surface area contributed by atoms with Crippen molar-refractivity contribution >= 4 is 46.8 Å². The minimum absolute atomic E-state index is 0.0166. The third kappa shape index (κ3) is 2.76. The van der Waals surface area contributed by atoms with Gasteiger partial charge in [-0.15, -0.1) is 23.2 Å². The zero-order chi connectivity index (χ0) is 24.6. The lowest BCUT2D eigenvalue weighted by atomic mass is 9.56. The quantitative estimate of drug-likeness (QED) is 0.378. The molecule has 1 aromatic rings. The van der Waals surface area contributed by atoms with E-state index in [0.717, 1.165) is 9.80 Å². The van der Waals surface area contributed by atoms with E-state index < -0.39 is 45.2 Å². The fourth-order valence-electron chi connectivity index (χ4n) is 6.25. The number of alkyl halides is 2. The van der Waals surface area contributed by atoms with Crippen molar-refractivity contribution in [1.29, 1.82) is 0 Å². The van der Waals surface area contributed by atoms with Crippen LogP contribution in [0.25, 0.3) is 0 Å². The molecule has 180 valence electrons. The molecule has 2 aliphatic heterocycles. The Bertz CT molecular complexity index is 1150. The van der Waals surface area contributed by atoms with Gasteiger partial charge in [-0.1, -0.05) is 29.8 Å². The molecule has 0 aromatic heterocycles. The number of benzene rings is 1. The van der Waals surface area contributed by atoms with Crippen molar-refractivity contribution in [2.75, 3.05) is 27.3 Å². The maximum atomic E-state index is 13.5. The van der Waals surface area contributed by atoms with Gasteiger partial charge in [0.15, 0.2) is 9.75 Å². The van der Waals surface area contributed by atoms with E-state index in [0.29, 0.717) is 23.3 Å². The molecule has 0 spiro atoms. The predicted octanol–water partition coefficient (Wildman–Crippen LogP) is 1.68. The van der Waals surface area contributed by atoms with E-state index >= 15 is 0 Å². The van der Waals surface area contributed by atoms with Crippen molar-refractivity contribution in [3.05, 3.63) is 41.5 Å². The van der Waals surface area contributed by atoms with Gasteiger partial charge in [0.25, 0.3) is 11.8 Å². The average Bonchev–Trinajstić information content (AvgIpc) is 3.13. The number of nitrogens with zero attached hydrogens (tertiary/aromatic N) is 2. The maximum Gasteiger partial charge on any atom is 0.253 e. The van der Waals surface area contributed by atoms with Crippen molar-refractivity contribution in [3.63, 3.8) is 0 Å². The summed E-state index contributed by atoms with van der Waals surface area (Å²) >= 11 is 14.2. The first kappa shape index (κ1) is 23.3. The number of allylic oxidation sites excluding steroid dienone is 2. The molecule has 2 saturated heterocycles. The Kier molecular flexibility index (Phi) is 5.35. The number of para-hydroxylation sites is 1. The lowest BCUT2D eigenvalue weighted by Gasteiger charge is -2.51. The van der Waals surface area contributed by atoms with Gasteiger partial charge in [-0.2, -0.15) is 0 Å². The number of imide groups is 2. The van der Waals surface area contributed by atoms with Crippen LogP contribution < -0.4 is 4.74 Å². The second-order valence-corrected chi connectivity index (χ2v) is 10.6. The topological polar surface area (TPSA) is 104 Å². The number of carbonyl (C=O) groups is 4. The Morgan fingerprint density at radius 1 is 1.03 bits per heavy atom. The molecule has 6 unspecified atom stereocenters. The van der Waals surface area contributed by atoms with E-state index in [9.17, 15) is 24.3 Å². The zero-order valence-electron chi connectivity index (χ0n) is 18.7. The van der Waals surface area contributed by atoms with Gasteiger partial charge in [0.2, 0.25) is 11.8 Å². The molecule has 6 atom stereocenters. The molecule has 2 aliphatic carbocycles. The molecule has 0 bridgehead atoms. The Morgan fingerprint density at radius 3 is 2.44 bits per heavy atom. The lowest BCUT2D eigenvalue weighted by molar-refractivity contribution is -0.140. The number of likely N-dealkylation sites (tertiary alicyclic amines) is 2. The minimum atomic E-state index is -1.86. The standard InChI is InChI=1S/C24H24Cl2N2O6/c1-27-19(30)14-8-7-12-15(17(14)20(27)31)11-23(25)21(32)28(2)22(33)24(23,26)18(12)13-5-3-4-6-16(13)34-10-9-29/h3-7,14-15,17-18,29H,8-11H2,1-2H3. The van der Waals surface area contributed by atoms with Crippen molar-refractivity contribution < 1.29 is 29.0 Å². The summed E-state index contributed by atoms with van der Waals surface area (Å²) < 4.78 is 5.76. The first-order chi connectivity index (χ1) is 16.1. The second kappa shape index (κ2) is 7.80. The van der Waals surface area contributed by atoms with Crippen LogP contribution in [0.5, 0.6) is 5.75 Å². The molecule has 5 rings (SSSR count). The summed E-state index contributed by atoms with van der Waals surface area (Å²) in [5.74, 6) is -4.09. The Labute approximate surface area is 206 Å². The van der Waals surface area contributed by atoms with Crippen LogP contribution in [-0.2, 0) is 19.2 Å². The molecular formula is C24H24Cl2N2O6. The number of ether oxygens (including phenoxy) is 1. The van der Waals surface area contributed by atoms with E-state index in [-0.39, 0.29) is 31.4 Å². The number of carbonyl (C=O) groups excluding carboxylic acids is 4. The van der Waals surface area contributed by atoms with Gasteiger partial charge >= 0.3 is 0 Å². The number of fused-ring (bicyclic) bond motifs is 4. The molecule has 1 N–H and O–H groups in total. The van der Waals surface area contributed by atoms with Crippen LogP contribution in [0, 0.1) is 17.8 Å². The number of hydrogen-bond acceptors (Lipinski definition) is 6. The van der Waals surface area contributed by atoms with Crippen molar-refractivity contribution in [3.8, 4) is 5.75 Å². The second-order valence-electron chi connectivity index (χ2n) is 9.34. The normalized spacial score (nSPS) is 36.9. The fourth-order valence-corrected chi connectivity index (χ4v) is 7.26. The van der Waals surface area contributed by atoms with Crippen molar-refractivity contribution in [1.82, 2.24) is 9.80 Å². The Morgan fingerprint density at radius 2 is 1.74 bits per heavy atom. The van der Waals surface area contributed by atoms with Gasteiger partial charge in [-0.05, 0) is 24.8 Å². The predicted molar refractivity (Wildman–Crippen MR) is 122 cm³/mol. The summed E-state index contributed by atoms with van der Waals surface area (Å²) in [6, 6.07) is 6.95. The van der Waals surface area contributed by atoms with E-state index in [1.165, 1.54) is 14.1 Å². The molecule has 34 heavy (non-hydrogen) atoms. The summed E-state index contributed by atoms with van der Waals surface area (Å²) in [6.45, 7) is -0.203. The van der Waals surface area contributed by atoms with E-state index in [1.54, 1.807) is 24.3 Å². The third-order valence-electron chi connectivity index (χ3n) is 7.81. The van der Waals surface area contributed by atoms with Crippen molar-refractivity contribution in [2.24, 2.45) is 17.8 Å². The van der Waals surface area contributed by atoms with Crippen LogP contribution in [0.3, 0.4) is 0 Å². The van der Waals surface area contributed by atoms with Gasteiger partial charge < -0.3 is 9.84 Å². The molecule has 3 fully saturated rings. The highest BCUT2D eigenvalue weighted by Gasteiger charge is 2.76. The van der Waals surface area contributed by atoms with Crippen LogP contribution in [0.4, 0.5) is 0 Å². The zero-order valence-corrected chi connectivity index (χ0v) is 20.2. The number of aliphatic hydroxyl groups is 1. The highest BCUT2D eigenvalue weighted by molar-refractivity contribution is 6.53. The molecule has 1 saturated carbocycles. The average molecular weight is 507 g/mol. The summed E-state index contributed by atoms with van der Waals surface area (Å²) in [6.07, 6.45) is 2.16. The first-order valence-electron chi connectivity index (χ1n) is 11.1. The van der Waals surface area contributed by atoms with Gasteiger partial charge in [0.05, 0.1) is 18.4 Å². The maximum absolute atomic E-state index is 13.5. The molecule has 8 nitrogen and oxygen atoms in total. The van der Waals surface area contributed by atoms with E-state index in [2.05, 4.69) is 0 Å². The number of rotatable bonds is 4. The molecule has 2 heterocycles. The smallest absolute Gasteiger partial charge is 0.253 e. The summed E-state index contributed by atoms with van der Waals surface area (Å²) in [5.41, 5.74) is 1.24. The van der Waals surface area contributed by atoms with Gasteiger partial charge in [0, 0.05) is 25.6 Å². The van der Waals surface area contributed by atoms with Crippen LogP contribution in [0.15, 0.2) is 35.9 Å². The van der Waals surface area contributed by atoms with Crippen LogP contribution >= 0.6 is 23.2 Å². The lowest BCUT2D eigenvalue weighted by Crippen LogP contribution is -2.60. The largest absolute Gasteiger partial charge is 0.491 e. The van der Waals surface area contributed by atoms with Crippen LogP contribution in [0.2, 0.25) is 0 Å². The molecule has 4 amide bonds. The third-order valence-corrected chi connectivity index (χ3v) is 9.23. The number of halogens is 2. The van der Waals surface area contributed by atoms with E-state index in [1.807, 2.05) is 6.08 Å². The molecule has 10 heteroatoms. The highest BCUT2D eigenvalue weighted by atomic mass is 35.5. The molecule has 4 aliphatic rings. The SMILES string of the molecule is CN1C(=O)C2CC=C3C(CC4(Cl)C(=O)N(C)C(=O)C4(Cl)C3c3ccccc3OCCO)C2C1=O. The first-order valence-corrected chi connectivity index (χ1v) is 11.9. The van der Waals surface area contributed by atoms with Crippen LogP contribution in [0.1, 0.15) is 24.3 Å². The molecular weight excluding hydrogens is 483 g/mol. The monoisotopic (exact) mass is 506 g/mol.